The first kappa shape index (κ1) is 13.3. The van der Waals surface area contributed by atoms with Crippen LogP contribution in [0.15, 0.2) is 30.3 Å². The monoisotopic (exact) mass is 218 g/mol. The summed E-state index contributed by atoms with van der Waals surface area (Å²) in [5.74, 6) is 0.893. The molecule has 0 aliphatic heterocycles. The number of hydrogen-bond donors (Lipinski definition) is 0. The maximum atomic E-state index is 2.38. The fourth-order valence-electron chi connectivity index (χ4n) is 3.17. The lowest BCUT2D eigenvalue weighted by Gasteiger charge is -2.55. The zero-order chi connectivity index (χ0) is 11.1. The first-order valence-corrected chi connectivity index (χ1v) is 6.01. The summed E-state index contributed by atoms with van der Waals surface area (Å²) in [5.41, 5.74) is 2.34. The van der Waals surface area contributed by atoms with E-state index in [0.29, 0.717) is 10.8 Å². The van der Waals surface area contributed by atoms with E-state index >= 15 is 0 Å². The minimum Gasteiger partial charge on any atom is -0.0776 e. The quantitative estimate of drug-likeness (QED) is 0.619. The Balaban J connectivity index is 0.00000128. The maximum Gasteiger partial charge on any atom is 0.000655 e. The first-order chi connectivity index (χ1) is 6.96. The van der Waals surface area contributed by atoms with Gasteiger partial charge < -0.3 is 0 Å². The molecule has 0 radical (unpaired) electrons. The lowest BCUT2D eigenvalue weighted by molar-refractivity contribution is 0.0367. The smallest absolute Gasteiger partial charge is 0.000655 e. The van der Waals surface area contributed by atoms with E-state index in [4.69, 9.17) is 0 Å². The molecular weight excluding hydrogens is 192 g/mol. The molecule has 90 valence electrons. The van der Waals surface area contributed by atoms with Crippen LogP contribution in [0.5, 0.6) is 0 Å². The van der Waals surface area contributed by atoms with Gasteiger partial charge in [0.15, 0.2) is 0 Å². The van der Waals surface area contributed by atoms with Crippen molar-refractivity contribution in [3.05, 3.63) is 35.9 Å². The summed E-state index contributed by atoms with van der Waals surface area (Å²) < 4.78 is 0. The van der Waals surface area contributed by atoms with E-state index in [1.807, 2.05) is 0 Å². The van der Waals surface area contributed by atoms with Crippen molar-refractivity contribution in [3.63, 3.8) is 0 Å². The van der Waals surface area contributed by atoms with E-state index in [1.54, 1.807) is 0 Å². The van der Waals surface area contributed by atoms with Gasteiger partial charge in [-0.3, -0.25) is 0 Å². The summed E-state index contributed by atoms with van der Waals surface area (Å²) in [7, 11) is 0. The molecule has 0 aromatic heterocycles. The van der Waals surface area contributed by atoms with Crippen LogP contribution in [0.3, 0.4) is 0 Å². The van der Waals surface area contributed by atoms with Gasteiger partial charge in [0.25, 0.3) is 0 Å². The van der Waals surface area contributed by atoms with Crippen molar-refractivity contribution in [2.24, 2.45) is 11.3 Å². The fourth-order valence-corrected chi connectivity index (χ4v) is 3.17. The highest BCUT2D eigenvalue weighted by Crippen LogP contribution is 2.57. The summed E-state index contributed by atoms with van der Waals surface area (Å²) in [6.45, 7) is 9.51. The predicted molar refractivity (Wildman–Crippen MR) is 72.7 cm³/mol. The van der Waals surface area contributed by atoms with Gasteiger partial charge in [-0.25, -0.2) is 0 Å². The molecular formula is C16H26. The fraction of sp³-hybridized carbons (Fsp3) is 0.625. The van der Waals surface area contributed by atoms with E-state index in [-0.39, 0.29) is 7.43 Å². The van der Waals surface area contributed by atoms with E-state index in [9.17, 15) is 0 Å². The summed E-state index contributed by atoms with van der Waals surface area (Å²) in [5, 5.41) is 0. The van der Waals surface area contributed by atoms with Gasteiger partial charge in [-0.05, 0) is 29.7 Å². The Morgan fingerprint density at radius 3 is 1.94 bits per heavy atom. The summed E-state index contributed by atoms with van der Waals surface area (Å²) >= 11 is 0. The van der Waals surface area contributed by atoms with Crippen LogP contribution in [0.4, 0.5) is 0 Å². The summed E-state index contributed by atoms with van der Waals surface area (Å²) in [6.07, 6.45) is 2.70. The Hall–Kier alpha value is -0.780. The maximum absolute atomic E-state index is 2.38. The Labute approximate surface area is 101 Å². The average Bonchev–Trinajstić information content (AvgIpc) is 2.12. The van der Waals surface area contributed by atoms with Crippen LogP contribution in [0.1, 0.15) is 53.5 Å². The molecule has 0 saturated heterocycles. The van der Waals surface area contributed by atoms with Crippen molar-refractivity contribution in [2.45, 2.75) is 53.4 Å². The third-order valence-electron chi connectivity index (χ3n) is 4.16. The SMILES string of the molecule is C.CC1CC(c2ccccc2)(C(C)(C)C)C1. The molecule has 1 aliphatic carbocycles. The lowest BCUT2D eigenvalue weighted by Crippen LogP contribution is -2.49. The van der Waals surface area contributed by atoms with Crippen LogP contribution in [-0.4, -0.2) is 0 Å². The Bertz CT molecular complexity index is 323. The molecule has 1 aromatic rings. The Kier molecular flexibility index (Phi) is 3.52. The summed E-state index contributed by atoms with van der Waals surface area (Å²) in [6, 6.07) is 11.1. The molecule has 1 aromatic carbocycles. The second-order valence-corrected chi connectivity index (χ2v) is 6.21. The molecule has 0 nitrogen and oxygen atoms in total. The lowest BCUT2D eigenvalue weighted by atomic mass is 9.49. The first-order valence-electron chi connectivity index (χ1n) is 6.01. The molecule has 0 N–H and O–H groups in total. The third-order valence-corrected chi connectivity index (χ3v) is 4.16. The zero-order valence-electron chi connectivity index (χ0n) is 10.4. The molecule has 0 heterocycles. The standard InChI is InChI=1S/C15H22.CH4/c1-12-10-15(11-12,14(2,3)4)13-8-6-5-7-9-13;/h5-9,12H,10-11H2,1-4H3;1H4. The molecule has 0 spiro atoms. The molecule has 16 heavy (non-hydrogen) atoms. The van der Waals surface area contributed by atoms with Crippen molar-refractivity contribution < 1.29 is 0 Å². The van der Waals surface area contributed by atoms with Crippen LogP contribution in [0, 0.1) is 11.3 Å². The van der Waals surface area contributed by atoms with Crippen molar-refractivity contribution in [1.29, 1.82) is 0 Å². The molecule has 1 aliphatic rings. The van der Waals surface area contributed by atoms with Crippen LogP contribution in [0.2, 0.25) is 0 Å². The Morgan fingerprint density at radius 2 is 1.56 bits per heavy atom. The molecule has 0 heteroatoms. The highest BCUT2D eigenvalue weighted by Gasteiger charge is 2.50. The number of benzene rings is 1. The molecule has 2 rings (SSSR count). The molecule has 0 amide bonds. The van der Waals surface area contributed by atoms with Gasteiger partial charge in [-0.15, -0.1) is 0 Å². The van der Waals surface area contributed by atoms with Gasteiger partial charge in [-0.1, -0.05) is 65.5 Å². The largest absolute Gasteiger partial charge is 0.0776 e. The Morgan fingerprint density at radius 1 is 1.06 bits per heavy atom. The van der Waals surface area contributed by atoms with Gasteiger partial charge >= 0.3 is 0 Å². The van der Waals surface area contributed by atoms with Crippen LogP contribution >= 0.6 is 0 Å². The molecule has 1 saturated carbocycles. The minimum atomic E-state index is 0. The van der Waals surface area contributed by atoms with Crippen molar-refractivity contribution in [3.8, 4) is 0 Å². The number of rotatable bonds is 1. The molecule has 1 fully saturated rings. The average molecular weight is 218 g/mol. The van der Waals surface area contributed by atoms with E-state index in [0.717, 1.165) is 5.92 Å². The zero-order valence-corrected chi connectivity index (χ0v) is 10.4. The van der Waals surface area contributed by atoms with E-state index in [2.05, 4.69) is 58.0 Å². The molecule has 0 atom stereocenters. The molecule has 0 unspecified atom stereocenters. The third kappa shape index (κ3) is 1.90. The normalized spacial score (nSPS) is 29.1. The second kappa shape index (κ2) is 4.24. The number of hydrogen-bond acceptors (Lipinski definition) is 0. The molecule has 0 bridgehead atoms. The van der Waals surface area contributed by atoms with Gasteiger partial charge in [0.05, 0.1) is 0 Å². The van der Waals surface area contributed by atoms with Gasteiger partial charge in [0.1, 0.15) is 0 Å². The second-order valence-electron chi connectivity index (χ2n) is 6.21. The van der Waals surface area contributed by atoms with Crippen LogP contribution < -0.4 is 0 Å². The van der Waals surface area contributed by atoms with Crippen molar-refractivity contribution in [2.75, 3.05) is 0 Å². The van der Waals surface area contributed by atoms with E-state index < -0.39 is 0 Å². The van der Waals surface area contributed by atoms with Crippen LogP contribution in [0.25, 0.3) is 0 Å². The van der Waals surface area contributed by atoms with Crippen molar-refractivity contribution in [1.82, 2.24) is 0 Å². The topological polar surface area (TPSA) is 0 Å². The van der Waals surface area contributed by atoms with Gasteiger partial charge in [0.2, 0.25) is 0 Å². The van der Waals surface area contributed by atoms with Gasteiger partial charge in [0, 0.05) is 5.41 Å². The van der Waals surface area contributed by atoms with E-state index in [1.165, 1.54) is 18.4 Å². The minimum absolute atomic E-state index is 0. The highest BCUT2D eigenvalue weighted by molar-refractivity contribution is 5.31. The predicted octanol–water partition coefficient (Wildman–Crippen LogP) is 5.04. The van der Waals surface area contributed by atoms with Gasteiger partial charge in [-0.2, -0.15) is 0 Å². The van der Waals surface area contributed by atoms with Crippen molar-refractivity contribution >= 4 is 0 Å². The van der Waals surface area contributed by atoms with Crippen LogP contribution in [-0.2, 0) is 5.41 Å². The summed E-state index contributed by atoms with van der Waals surface area (Å²) in [4.78, 5) is 0. The highest BCUT2D eigenvalue weighted by atomic mass is 14.5.